The van der Waals surface area contributed by atoms with Gasteiger partial charge in [-0.25, -0.2) is 9.97 Å². The van der Waals surface area contributed by atoms with Crippen molar-refractivity contribution in [2.75, 3.05) is 32.0 Å². The number of fused-ring (bicyclic) bond motifs is 3. The summed E-state index contributed by atoms with van der Waals surface area (Å²) in [7, 11) is 2.17. The van der Waals surface area contributed by atoms with Crippen LogP contribution in [0.2, 0.25) is 0 Å². The van der Waals surface area contributed by atoms with Crippen LogP contribution in [-0.2, 0) is 12.8 Å². The van der Waals surface area contributed by atoms with Crippen LogP contribution in [-0.4, -0.2) is 41.5 Å². The summed E-state index contributed by atoms with van der Waals surface area (Å²) >= 11 is 1.92. The molecule has 0 atom stereocenters. The van der Waals surface area contributed by atoms with E-state index >= 15 is 0 Å². The molecule has 0 aromatic carbocycles. The Hall–Kier alpha value is -1.20. The highest BCUT2D eigenvalue weighted by Gasteiger charge is 2.29. The molecule has 1 saturated carbocycles. The fourth-order valence-corrected chi connectivity index (χ4v) is 4.62. The molecular formula is C18H26N4S. The number of anilines is 1. The topological polar surface area (TPSA) is 41.0 Å². The fourth-order valence-electron chi connectivity index (χ4n) is 3.35. The predicted molar refractivity (Wildman–Crippen MR) is 97.7 cm³/mol. The van der Waals surface area contributed by atoms with Crippen molar-refractivity contribution >= 4 is 27.4 Å². The molecule has 2 aliphatic carbocycles. The summed E-state index contributed by atoms with van der Waals surface area (Å²) in [6.45, 7) is 5.28. The number of aryl methyl sites for hydroxylation is 2. The fraction of sp³-hybridized carbons (Fsp3) is 0.667. The summed E-state index contributed by atoms with van der Waals surface area (Å²) in [5.41, 5.74) is 1.53. The number of nitrogens with zero attached hydrogens (tertiary/aromatic N) is 3. The standard InChI is InChI=1S/C18H26N4S/c1-3-22(2)11-10-19-17-15-13-6-4-5-7-14(13)23-18(15)21-16(20-17)12-8-9-12/h12H,3-11H2,1-2H3,(H,19,20,21). The van der Waals surface area contributed by atoms with Crippen molar-refractivity contribution in [3.05, 3.63) is 16.3 Å². The van der Waals surface area contributed by atoms with Crippen LogP contribution in [0, 0.1) is 0 Å². The van der Waals surface area contributed by atoms with Gasteiger partial charge >= 0.3 is 0 Å². The van der Waals surface area contributed by atoms with E-state index in [0.717, 1.165) is 31.3 Å². The van der Waals surface area contributed by atoms with Crippen molar-refractivity contribution in [2.24, 2.45) is 0 Å². The van der Waals surface area contributed by atoms with E-state index in [0.29, 0.717) is 5.92 Å². The Morgan fingerprint density at radius 3 is 2.83 bits per heavy atom. The van der Waals surface area contributed by atoms with Crippen LogP contribution in [0.15, 0.2) is 0 Å². The second-order valence-electron chi connectivity index (χ2n) is 6.92. The molecular weight excluding hydrogens is 304 g/mol. The first-order chi connectivity index (χ1) is 11.3. The first kappa shape index (κ1) is 15.3. The quantitative estimate of drug-likeness (QED) is 0.874. The molecule has 0 radical (unpaired) electrons. The molecule has 1 N–H and O–H groups in total. The Balaban J connectivity index is 1.68. The number of thiophene rings is 1. The summed E-state index contributed by atoms with van der Waals surface area (Å²) in [5.74, 6) is 2.78. The van der Waals surface area contributed by atoms with Gasteiger partial charge in [-0.2, -0.15) is 0 Å². The van der Waals surface area contributed by atoms with E-state index < -0.39 is 0 Å². The summed E-state index contributed by atoms with van der Waals surface area (Å²) in [5, 5.41) is 4.95. The zero-order chi connectivity index (χ0) is 15.8. The van der Waals surface area contributed by atoms with Crippen LogP contribution in [0.1, 0.15) is 54.8 Å². The lowest BCUT2D eigenvalue weighted by atomic mass is 9.97. The lowest BCUT2D eigenvalue weighted by molar-refractivity contribution is 0.367. The molecule has 0 amide bonds. The van der Waals surface area contributed by atoms with E-state index in [-0.39, 0.29) is 0 Å². The molecule has 0 bridgehead atoms. The van der Waals surface area contributed by atoms with Crippen LogP contribution >= 0.6 is 11.3 Å². The summed E-state index contributed by atoms with van der Waals surface area (Å²) in [4.78, 5) is 15.0. The van der Waals surface area contributed by atoms with Gasteiger partial charge in [0.1, 0.15) is 16.5 Å². The molecule has 1 fully saturated rings. The highest BCUT2D eigenvalue weighted by Crippen LogP contribution is 2.43. The Morgan fingerprint density at radius 1 is 1.22 bits per heavy atom. The van der Waals surface area contributed by atoms with Gasteiger partial charge < -0.3 is 10.2 Å². The number of nitrogens with one attached hydrogen (secondary N) is 1. The highest BCUT2D eigenvalue weighted by atomic mass is 32.1. The normalized spacial score (nSPS) is 17.7. The Morgan fingerprint density at radius 2 is 2.04 bits per heavy atom. The van der Waals surface area contributed by atoms with E-state index in [9.17, 15) is 0 Å². The van der Waals surface area contributed by atoms with Gasteiger partial charge in [0.25, 0.3) is 0 Å². The van der Waals surface area contributed by atoms with Crippen molar-refractivity contribution in [1.82, 2.24) is 14.9 Å². The van der Waals surface area contributed by atoms with E-state index in [1.54, 1.807) is 4.88 Å². The molecule has 0 unspecified atom stereocenters. The molecule has 2 aliphatic rings. The number of hydrogen-bond acceptors (Lipinski definition) is 5. The van der Waals surface area contributed by atoms with Gasteiger partial charge in [0, 0.05) is 23.9 Å². The van der Waals surface area contributed by atoms with Crippen molar-refractivity contribution in [3.63, 3.8) is 0 Å². The third-order valence-corrected chi connectivity index (χ3v) is 6.29. The number of rotatable bonds is 6. The van der Waals surface area contributed by atoms with Crippen molar-refractivity contribution < 1.29 is 0 Å². The van der Waals surface area contributed by atoms with Crippen LogP contribution in [0.4, 0.5) is 5.82 Å². The molecule has 2 aromatic heterocycles. The Kier molecular flexibility index (Phi) is 4.24. The first-order valence-corrected chi connectivity index (χ1v) is 9.82. The summed E-state index contributed by atoms with van der Waals surface area (Å²) in [6.07, 6.45) is 7.58. The number of hydrogen-bond donors (Lipinski definition) is 1. The largest absolute Gasteiger partial charge is 0.368 e. The van der Waals surface area contributed by atoms with E-state index in [1.165, 1.54) is 54.3 Å². The molecule has 124 valence electrons. The molecule has 0 spiro atoms. The number of aromatic nitrogens is 2. The van der Waals surface area contributed by atoms with Crippen molar-refractivity contribution in [1.29, 1.82) is 0 Å². The Bertz CT molecular complexity index is 705. The average molecular weight is 331 g/mol. The maximum absolute atomic E-state index is 4.93. The molecule has 0 saturated heterocycles. The van der Waals surface area contributed by atoms with Gasteiger partial charge in [0.05, 0.1) is 5.39 Å². The number of likely N-dealkylation sites (N-methyl/N-ethyl adjacent to an activating group) is 1. The predicted octanol–water partition coefficient (Wildman–Crippen LogP) is 3.81. The van der Waals surface area contributed by atoms with E-state index in [2.05, 4.69) is 24.2 Å². The zero-order valence-electron chi connectivity index (χ0n) is 14.2. The Labute approximate surface area is 142 Å². The maximum atomic E-state index is 4.93. The first-order valence-electron chi connectivity index (χ1n) is 9.01. The van der Waals surface area contributed by atoms with Gasteiger partial charge in [-0.1, -0.05) is 6.92 Å². The van der Waals surface area contributed by atoms with Crippen molar-refractivity contribution in [2.45, 2.75) is 51.4 Å². The van der Waals surface area contributed by atoms with E-state index in [4.69, 9.17) is 9.97 Å². The van der Waals surface area contributed by atoms with Gasteiger partial charge in [-0.15, -0.1) is 11.3 Å². The SMILES string of the molecule is CCN(C)CCNc1nc(C2CC2)nc2sc3c(c12)CCCC3. The second kappa shape index (κ2) is 6.36. The molecule has 23 heavy (non-hydrogen) atoms. The lowest BCUT2D eigenvalue weighted by Gasteiger charge is -2.16. The van der Waals surface area contributed by atoms with Gasteiger partial charge in [0.15, 0.2) is 0 Å². The van der Waals surface area contributed by atoms with Crippen LogP contribution in [0.25, 0.3) is 10.2 Å². The third-order valence-electron chi connectivity index (χ3n) is 5.10. The smallest absolute Gasteiger partial charge is 0.138 e. The molecule has 0 aliphatic heterocycles. The maximum Gasteiger partial charge on any atom is 0.138 e. The van der Waals surface area contributed by atoms with Crippen molar-refractivity contribution in [3.8, 4) is 0 Å². The molecule has 4 nitrogen and oxygen atoms in total. The minimum absolute atomic E-state index is 0.609. The third kappa shape index (κ3) is 3.09. The molecule has 2 aromatic rings. The second-order valence-corrected chi connectivity index (χ2v) is 8.00. The van der Waals surface area contributed by atoms with Gasteiger partial charge in [-0.05, 0) is 57.7 Å². The van der Waals surface area contributed by atoms with Crippen LogP contribution in [0.3, 0.4) is 0 Å². The molecule has 2 heterocycles. The minimum atomic E-state index is 0.609. The van der Waals surface area contributed by atoms with E-state index in [1.807, 2.05) is 11.3 Å². The molecule has 4 rings (SSSR count). The zero-order valence-corrected chi connectivity index (χ0v) is 15.0. The minimum Gasteiger partial charge on any atom is -0.368 e. The van der Waals surface area contributed by atoms with Gasteiger partial charge in [-0.3, -0.25) is 0 Å². The van der Waals surface area contributed by atoms with Gasteiger partial charge in [0.2, 0.25) is 0 Å². The lowest BCUT2D eigenvalue weighted by Crippen LogP contribution is -2.25. The molecule has 5 heteroatoms. The highest BCUT2D eigenvalue weighted by molar-refractivity contribution is 7.19. The summed E-state index contributed by atoms with van der Waals surface area (Å²) < 4.78 is 0. The average Bonchev–Trinajstić information content (AvgIpc) is 3.35. The monoisotopic (exact) mass is 330 g/mol. The van der Waals surface area contributed by atoms with Crippen LogP contribution in [0.5, 0.6) is 0 Å². The summed E-state index contributed by atoms with van der Waals surface area (Å²) in [6, 6.07) is 0. The van der Waals surface area contributed by atoms with Crippen LogP contribution < -0.4 is 5.32 Å².